The van der Waals surface area contributed by atoms with Gasteiger partial charge < -0.3 is 0 Å². The van der Waals surface area contributed by atoms with E-state index in [1.165, 1.54) is 6.07 Å². The predicted molar refractivity (Wildman–Crippen MR) is 73.2 cm³/mol. The smallest absolute Gasteiger partial charge is 0.163 e. The fraction of sp³-hybridized carbons (Fsp3) is 0.143. The lowest BCUT2D eigenvalue weighted by molar-refractivity contribution is 0.498. The van der Waals surface area contributed by atoms with Crippen LogP contribution < -0.4 is 0 Å². The van der Waals surface area contributed by atoms with Crippen LogP contribution in [0.5, 0.6) is 0 Å². The Bertz CT molecular complexity index is 540. The van der Waals surface area contributed by atoms with E-state index < -0.39 is 11.6 Å². The minimum Gasteiger partial charge on any atom is -0.204 e. The van der Waals surface area contributed by atoms with E-state index in [0.717, 1.165) is 11.6 Å². The van der Waals surface area contributed by atoms with Gasteiger partial charge in [0.2, 0.25) is 0 Å². The summed E-state index contributed by atoms with van der Waals surface area (Å²) in [5.74, 6) is -1.62. The van der Waals surface area contributed by atoms with E-state index in [1.807, 2.05) is 12.1 Å². The van der Waals surface area contributed by atoms with Crippen molar-refractivity contribution >= 4 is 27.5 Å². The normalized spacial score (nSPS) is 12.4. The lowest BCUT2D eigenvalue weighted by Gasteiger charge is -2.11. The molecule has 0 aliphatic heterocycles. The van der Waals surface area contributed by atoms with Crippen LogP contribution in [0.3, 0.4) is 0 Å². The van der Waals surface area contributed by atoms with Gasteiger partial charge in [0.1, 0.15) is 0 Å². The molecule has 1 atom stereocenters. The molecule has 0 spiro atoms. The first kappa shape index (κ1) is 13.5. The first-order valence-corrected chi connectivity index (χ1v) is 6.69. The summed E-state index contributed by atoms with van der Waals surface area (Å²) < 4.78 is 26.7. The summed E-state index contributed by atoms with van der Waals surface area (Å²) in [5.41, 5.74) is 1.33. The molecule has 2 rings (SSSR count). The van der Waals surface area contributed by atoms with Crippen molar-refractivity contribution < 1.29 is 8.78 Å². The van der Waals surface area contributed by atoms with Crippen molar-refractivity contribution in [2.75, 3.05) is 0 Å². The van der Waals surface area contributed by atoms with Crippen LogP contribution in [-0.2, 0) is 6.42 Å². The molecule has 2 aromatic rings. The van der Waals surface area contributed by atoms with Gasteiger partial charge in [-0.25, -0.2) is 8.78 Å². The van der Waals surface area contributed by atoms with Crippen LogP contribution in [0, 0.1) is 11.6 Å². The van der Waals surface area contributed by atoms with Gasteiger partial charge in [0.05, 0.1) is 0 Å². The summed E-state index contributed by atoms with van der Waals surface area (Å²) in [4.78, 5) is -0.269. The maximum Gasteiger partial charge on any atom is 0.163 e. The molecule has 0 aromatic heterocycles. The molecule has 18 heavy (non-hydrogen) atoms. The molecule has 0 fully saturated rings. The Morgan fingerprint density at radius 2 is 1.72 bits per heavy atom. The summed E-state index contributed by atoms with van der Waals surface area (Å²) in [6.07, 6.45) is 0.567. The van der Waals surface area contributed by atoms with Gasteiger partial charge in [0.25, 0.3) is 0 Å². The highest BCUT2D eigenvalue weighted by Gasteiger charge is 2.15. The van der Waals surface area contributed by atoms with Gasteiger partial charge >= 0.3 is 0 Å². The Kier molecular flexibility index (Phi) is 4.36. The quantitative estimate of drug-likeness (QED) is 0.670. The SMILES string of the molecule is Fc1cccc(C(Br)Cc2ccc(Cl)cc2)c1F. The monoisotopic (exact) mass is 330 g/mol. The zero-order valence-corrected chi connectivity index (χ0v) is 11.7. The molecule has 0 nitrogen and oxygen atoms in total. The van der Waals surface area contributed by atoms with E-state index in [9.17, 15) is 8.78 Å². The molecule has 4 heteroatoms. The average molecular weight is 332 g/mol. The molecular formula is C14H10BrClF2. The number of rotatable bonds is 3. The molecule has 0 amide bonds. The van der Waals surface area contributed by atoms with E-state index in [0.29, 0.717) is 17.0 Å². The van der Waals surface area contributed by atoms with Crippen LogP contribution in [0.25, 0.3) is 0 Å². The third kappa shape index (κ3) is 3.09. The number of benzene rings is 2. The molecule has 0 heterocycles. The fourth-order valence-electron chi connectivity index (χ4n) is 1.70. The number of hydrogen-bond donors (Lipinski definition) is 0. The first-order valence-electron chi connectivity index (χ1n) is 5.40. The molecule has 2 aromatic carbocycles. The highest BCUT2D eigenvalue weighted by molar-refractivity contribution is 9.09. The Hall–Kier alpha value is -0.930. The summed E-state index contributed by atoms with van der Waals surface area (Å²) >= 11 is 9.18. The van der Waals surface area contributed by atoms with Crippen molar-refractivity contribution in [1.82, 2.24) is 0 Å². The lowest BCUT2D eigenvalue weighted by atomic mass is 10.0. The Morgan fingerprint density at radius 1 is 1.06 bits per heavy atom. The zero-order chi connectivity index (χ0) is 13.1. The van der Waals surface area contributed by atoms with E-state index in [1.54, 1.807) is 18.2 Å². The van der Waals surface area contributed by atoms with E-state index in [-0.39, 0.29) is 4.83 Å². The number of alkyl halides is 1. The van der Waals surface area contributed by atoms with Crippen LogP contribution in [0.1, 0.15) is 16.0 Å². The second-order valence-electron chi connectivity index (χ2n) is 3.94. The van der Waals surface area contributed by atoms with Gasteiger partial charge in [0, 0.05) is 15.4 Å². The van der Waals surface area contributed by atoms with Crippen LogP contribution in [0.4, 0.5) is 8.78 Å². The summed E-state index contributed by atoms with van der Waals surface area (Å²) in [7, 11) is 0. The zero-order valence-electron chi connectivity index (χ0n) is 9.34. The van der Waals surface area contributed by atoms with Gasteiger partial charge in [-0.3, -0.25) is 0 Å². The first-order chi connectivity index (χ1) is 8.58. The third-order valence-electron chi connectivity index (χ3n) is 2.65. The summed E-state index contributed by atoms with van der Waals surface area (Å²) in [6, 6.07) is 11.5. The number of hydrogen-bond acceptors (Lipinski definition) is 0. The lowest BCUT2D eigenvalue weighted by Crippen LogP contribution is -2.00. The molecule has 94 valence electrons. The summed E-state index contributed by atoms with van der Waals surface area (Å²) in [5, 5.41) is 0.654. The summed E-state index contributed by atoms with van der Waals surface area (Å²) in [6.45, 7) is 0. The molecule has 0 radical (unpaired) electrons. The van der Waals surface area contributed by atoms with E-state index in [4.69, 9.17) is 11.6 Å². The van der Waals surface area contributed by atoms with E-state index >= 15 is 0 Å². The van der Waals surface area contributed by atoms with Crippen LogP contribution in [-0.4, -0.2) is 0 Å². The van der Waals surface area contributed by atoms with Crippen LogP contribution >= 0.6 is 27.5 Å². The highest BCUT2D eigenvalue weighted by Crippen LogP contribution is 2.30. The van der Waals surface area contributed by atoms with Gasteiger partial charge in [-0.2, -0.15) is 0 Å². The predicted octanol–water partition coefficient (Wildman–Crippen LogP) is 5.30. The Morgan fingerprint density at radius 3 is 2.39 bits per heavy atom. The maximum absolute atomic E-state index is 13.6. The molecule has 0 saturated heterocycles. The number of halogens is 4. The standard InChI is InChI=1S/C14H10BrClF2/c15-12(8-9-4-6-10(16)7-5-9)11-2-1-3-13(17)14(11)18/h1-7,12H,8H2. The molecule has 1 unspecified atom stereocenters. The molecule has 0 saturated carbocycles. The van der Waals surface area contributed by atoms with E-state index in [2.05, 4.69) is 15.9 Å². The third-order valence-corrected chi connectivity index (χ3v) is 3.72. The van der Waals surface area contributed by atoms with Gasteiger partial charge in [-0.1, -0.05) is 51.8 Å². The highest BCUT2D eigenvalue weighted by atomic mass is 79.9. The second kappa shape index (κ2) is 5.81. The molecule has 0 aliphatic rings. The van der Waals surface area contributed by atoms with Crippen molar-refractivity contribution in [2.24, 2.45) is 0 Å². The van der Waals surface area contributed by atoms with Crippen LogP contribution in [0.2, 0.25) is 5.02 Å². The van der Waals surface area contributed by atoms with Gasteiger partial charge in [-0.15, -0.1) is 0 Å². The van der Waals surface area contributed by atoms with Crippen molar-refractivity contribution in [3.05, 3.63) is 70.2 Å². The van der Waals surface area contributed by atoms with Gasteiger partial charge in [0.15, 0.2) is 11.6 Å². The Labute approximate surface area is 118 Å². The molecule has 0 N–H and O–H groups in total. The van der Waals surface area contributed by atoms with Gasteiger partial charge in [-0.05, 0) is 30.2 Å². The van der Waals surface area contributed by atoms with Crippen molar-refractivity contribution in [3.63, 3.8) is 0 Å². The fourth-order valence-corrected chi connectivity index (χ4v) is 2.55. The van der Waals surface area contributed by atoms with Crippen molar-refractivity contribution in [3.8, 4) is 0 Å². The topological polar surface area (TPSA) is 0 Å². The second-order valence-corrected chi connectivity index (χ2v) is 5.48. The van der Waals surface area contributed by atoms with Crippen LogP contribution in [0.15, 0.2) is 42.5 Å². The maximum atomic E-state index is 13.6. The average Bonchev–Trinajstić information content (AvgIpc) is 2.35. The molecule has 0 bridgehead atoms. The Balaban J connectivity index is 2.19. The largest absolute Gasteiger partial charge is 0.204 e. The minimum absolute atomic E-state index is 0.269. The minimum atomic E-state index is -0.826. The molecular weight excluding hydrogens is 322 g/mol. The van der Waals surface area contributed by atoms with Crippen molar-refractivity contribution in [1.29, 1.82) is 0 Å². The van der Waals surface area contributed by atoms with Crippen molar-refractivity contribution in [2.45, 2.75) is 11.2 Å². The molecule has 0 aliphatic carbocycles.